The van der Waals surface area contributed by atoms with E-state index in [2.05, 4.69) is 40.2 Å². The van der Waals surface area contributed by atoms with Gasteiger partial charge in [0.1, 0.15) is 17.5 Å². The second kappa shape index (κ2) is 14.0. The molecule has 0 unspecified atom stereocenters. The Morgan fingerprint density at radius 2 is 1.38 bits per heavy atom. The molecule has 4 rings (SSSR count). The Labute approximate surface area is 241 Å². The number of aromatic nitrogens is 6. The first-order valence-electron chi connectivity index (χ1n) is 13.6. The molecular weight excluding hydrogens is 532 g/mol. The van der Waals surface area contributed by atoms with Gasteiger partial charge in [0.2, 0.25) is 5.16 Å². The maximum absolute atomic E-state index is 11.9. The summed E-state index contributed by atoms with van der Waals surface area (Å²) in [6.45, 7) is 14.7. The van der Waals surface area contributed by atoms with Crippen molar-refractivity contribution in [3.05, 3.63) is 18.7 Å². The molecule has 0 N–H and O–H groups in total. The van der Waals surface area contributed by atoms with Crippen LogP contribution in [0.4, 0.5) is 11.6 Å². The number of rotatable bonds is 7. The zero-order valence-electron chi connectivity index (χ0n) is 24.7. The van der Waals surface area contributed by atoms with Crippen molar-refractivity contribution in [2.75, 3.05) is 42.2 Å². The van der Waals surface area contributed by atoms with Crippen molar-refractivity contribution in [1.29, 1.82) is 0 Å². The third-order valence-corrected chi connectivity index (χ3v) is 6.70. The minimum atomic E-state index is -0.418. The molecular formula is C27H42N8O4S. The van der Waals surface area contributed by atoms with Crippen LogP contribution in [0.1, 0.15) is 67.2 Å². The summed E-state index contributed by atoms with van der Waals surface area (Å²) in [5.74, 6) is 1.92. The van der Waals surface area contributed by atoms with E-state index in [1.54, 1.807) is 12.4 Å². The first-order chi connectivity index (χ1) is 18.8. The SMILES string of the molecule is CC(C)(C)OC(=O)C[C@@H]1CCN(c2cncnn2)C1.CSc1ncc(N2CC[C@@H](CC(=O)OC(C)(C)C)C2)nn1. The van der Waals surface area contributed by atoms with Crippen molar-refractivity contribution in [2.45, 2.75) is 83.6 Å². The summed E-state index contributed by atoms with van der Waals surface area (Å²) >= 11 is 1.47. The molecule has 13 heteroatoms. The smallest absolute Gasteiger partial charge is 0.306 e. The van der Waals surface area contributed by atoms with Crippen molar-refractivity contribution in [2.24, 2.45) is 11.8 Å². The third kappa shape index (κ3) is 10.8. The number of carbonyl (C=O) groups excluding carboxylic acids is 2. The molecule has 0 aliphatic carbocycles. The van der Waals surface area contributed by atoms with Crippen LogP contribution in [0.3, 0.4) is 0 Å². The molecule has 4 heterocycles. The number of ether oxygens (including phenoxy) is 2. The number of nitrogens with zero attached hydrogens (tertiary/aromatic N) is 8. The zero-order valence-corrected chi connectivity index (χ0v) is 25.5. The molecule has 2 aliphatic heterocycles. The number of thioether (sulfide) groups is 1. The fourth-order valence-corrected chi connectivity index (χ4v) is 4.82. The van der Waals surface area contributed by atoms with Gasteiger partial charge in [-0.15, -0.1) is 20.4 Å². The molecule has 2 atom stereocenters. The van der Waals surface area contributed by atoms with Crippen LogP contribution in [0.25, 0.3) is 0 Å². The number of hydrogen-bond donors (Lipinski definition) is 0. The topological polar surface area (TPSA) is 136 Å². The molecule has 2 aromatic heterocycles. The molecule has 2 aromatic rings. The normalized spacial score (nSPS) is 19.2. The van der Waals surface area contributed by atoms with Gasteiger partial charge in [-0.1, -0.05) is 11.8 Å². The van der Waals surface area contributed by atoms with Gasteiger partial charge in [-0.2, -0.15) is 0 Å². The van der Waals surface area contributed by atoms with Crippen LogP contribution in [0.2, 0.25) is 0 Å². The first-order valence-corrected chi connectivity index (χ1v) is 14.8. The Bertz CT molecular complexity index is 1090. The van der Waals surface area contributed by atoms with Crippen molar-refractivity contribution < 1.29 is 19.1 Å². The summed E-state index contributed by atoms with van der Waals surface area (Å²) in [5.41, 5.74) is -0.831. The largest absolute Gasteiger partial charge is 0.460 e. The van der Waals surface area contributed by atoms with Gasteiger partial charge in [0, 0.05) is 26.2 Å². The predicted octanol–water partition coefficient (Wildman–Crippen LogP) is 3.58. The molecule has 0 aromatic carbocycles. The molecule has 0 bridgehead atoms. The zero-order chi connectivity index (χ0) is 29.3. The highest BCUT2D eigenvalue weighted by atomic mass is 32.2. The Morgan fingerprint density at radius 1 is 0.850 bits per heavy atom. The quantitative estimate of drug-likeness (QED) is 0.352. The molecule has 0 amide bonds. The lowest BCUT2D eigenvalue weighted by molar-refractivity contribution is -0.157. The van der Waals surface area contributed by atoms with Crippen molar-refractivity contribution in [3.63, 3.8) is 0 Å². The number of carbonyl (C=O) groups is 2. The van der Waals surface area contributed by atoms with Gasteiger partial charge in [0.05, 0.1) is 25.2 Å². The van der Waals surface area contributed by atoms with Crippen molar-refractivity contribution >= 4 is 35.3 Å². The van der Waals surface area contributed by atoms with Crippen molar-refractivity contribution in [3.8, 4) is 0 Å². The average molecular weight is 575 g/mol. The molecule has 2 aliphatic rings. The van der Waals surface area contributed by atoms with E-state index >= 15 is 0 Å². The Balaban J connectivity index is 0.000000222. The Kier molecular flexibility index (Phi) is 11.0. The van der Waals surface area contributed by atoms with Gasteiger partial charge in [-0.25, -0.2) is 9.97 Å². The van der Waals surface area contributed by atoms with E-state index in [1.807, 2.05) is 47.8 Å². The molecule has 2 fully saturated rings. The summed E-state index contributed by atoms with van der Waals surface area (Å²) in [4.78, 5) is 36.1. The fourth-order valence-electron chi connectivity index (χ4n) is 4.53. The number of anilines is 2. The van der Waals surface area contributed by atoms with Gasteiger partial charge in [-0.05, 0) is 72.5 Å². The van der Waals surface area contributed by atoms with E-state index in [0.29, 0.717) is 29.8 Å². The minimum absolute atomic E-state index is 0.128. The average Bonchev–Trinajstić information content (AvgIpc) is 3.52. The van der Waals surface area contributed by atoms with Crippen molar-refractivity contribution in [1.82, 2.24) is 30.4 Å². The second-order valence-corrected chi connectivity index (χ2v) is 12.8. The van der Waals surface area contributed by atoms with Gasteiger partial charge in [-0.3, -0.25) is 9.59 Å². The molecule has 12 nitrogen and oxygen atoms in total. The summed E-state index contributed by atoms with van der Waals surface area (Å²) in [7, 11) is 0. The fraction of sp³-hybridized carbons (Fsp3) is 0.704. The van der Waals surface area contributed by atoms with E-state index in [-0.39, 0.29) is 11.9 Å². The highest BCUT2D eigenvalue weighted by molar-refractivity contribution is 7.98. The van der Waals surface area contributed by atoms with Gasteiger partial charge >= 0.3 is 11.9 Å². The van der Waals surface area contributed by atoms with Crippen LogP contribution >= 0.6 is 11.8 Å². The van der Waals surface area contributed by atoms with Crippen LogP contribution in [0.5, 0.6) is 0 Å². The van der Waals surface area contributed by atoms with Crippen LogP contribution in [-0.2, 0) is 19.1 Å². The lowest BCUT2D eigenvalue weighted by Gasteiger charge is -2.21. The molecule has 0 spiro atoms. The van der Waals surface area contributed by atoms with Crippen LogP contribution < -0.4 is 9.80 Å². The number of esters is 2. The molecule has 40 heavy (non-hydrogen) atoms. The minimum Gasteiger partial charge on any atom is -0.460 e. The lowest BCUT2D eigenvalue weighted by Crippen LogP contribution is -2.26. The Hall–Kier alpha value is -3.09. The molecule has 0 saturated carbocycles. The summed E-state index contributed by atoms with van der Waals surface area (Å²) in [6.07, 6.45) is 9.62. The van der Waals surface area contributed by atoms with E-state index in [1.165, 1.54) is 18.1 Å². The predicted molar refractivity (Wildman–Crippen MR) is 153 cm³/mol. The van der Waals surface area contributed by atoms with E-state index in [4.69, 9.17) is 9.47 Å². The Morgan fingerprint density at radius 3 is 1.77 bits per heavy atom. The molecule has 0 radical (unpaired) electrons. The highest BCUT2D eigenvalue weighted by Crippen LogP contribution is 2.26. The maximum atomic E-state index is 11.9. The van der Waals surface area contributed by atoms with E-state index in [0.717, 1.165) is 50.7 Å². The molecule has 2 saturated heterocycles. The first kappa shape index (κ1) is 31.4. The van der Waals surface area contributed by atoms with E-state index < -0.39 is 11.2 Å². The summed E-state index contributed by atoms with van der Waals surface area (Å²) in [6, 6.07) is 0. The van der Waals surface area contributed by atoms with Gasteiger partial charge < -0.3 is 19.3 Å². The van der Waals surface area contributed by atoms with Crippen LogP contribution in [0, 0.1) is 11.8 Å². The second-order valence-electron chi connectivity index (χ2n) is 12.1. The van der Waals surface area contributed by atoms with Gasteiger partial charge in [0.15, 0.2) is 11.6 Å². The van der Waals surface area contributed by atoms with Crippen LogP contribution in [-0.4, -0.2) is 85.9 Å². The third-order valence-electron chi connectivity index (χ3n) is 6.15. The summed E-state index contributed by atoms with van der Waals surface area (Å²) < 4.78 is 10.7. The molecule has 220 valence electrons. The lowest BCUT2D eigenvalue weighted by atomic mass is 10.1. The monoisotopic (exact) mass is 574 g/mol. The van der Waals surface area contributed by atoms with Gasteiger partial charge in [0.25, 0.3) is 0 Å². The summed E-state index contributed by atoms with van der Waals surface area (Å²) in [5, 5.41) is 16.7. The standard InChI is InChI=1S/C14H22N4O2S.C13H20N4O2/c1-14(2,3)20-12(19)7-10-5-6-18(9-10)11-8-15-13(21-4)17-16-11;1-13(2,3)19-12(18)6-10-4-5-17(8-10)11-7-14-9-15-16-11/h8,10H,5-7,9H2,1-4H3;7,9-10H,4-6,8H2,1-3H3/t2*10-/m00/s1. The highest BCUT2D eigenvalue weighted by Gasteiger charge is 2.29. The van der Waals surface area contributed by atoms with E-state index in [9.17, 15) is 9.59 Å². The number of hydrogen-bond acceptors (Lipinski definition) is 13. The van der Waals surface area contributed by atoms with Crippen LogP contribution in [0.15, 0.2) is 23.9 Å². The maximum Gasteiger partial charge on any atom is 0.306 e.